The molecule has 0 aromatic carbocycles. The molecule has 70 valence electrons. The molecule has 1 nitrogen and oxygen atoms in total. The van der Waals surface area contributed by atoms with E-state index in [2.05, 4.69) is 19.2 Å². The van der Waals surface area contributed by atoms with Gasteiger partial charge in [0.15, 0.2) is 0 Å². The Bertz CT molecular complexity index is 155. The summed E-state index contributed by atoms with van der Waals surface area (Å²) in [6.45, 7) is 5.99. The average molecular weight is 167 g/mol. The van der Waals surface area contributed by atoms with E-state index in [9.17, 15) is 0 Å². The van der Waals surface area contributed by atoms with Gasteiger partial charge < -0.3 is 5.32 Å². The zero-order valence-corrected chi connectivity index (χ0v) is 8.34. The van der Waals surface area contributed by atoms with Crippen molar-refractivity contribution in [2.75, 3.05) is 6.54 Å². The van der Waals surface area contributed by atoms with Gasteiger partial charge in [-0.3, -0.25) is 0 Å². The lowest BCUT2D eigenvalue weighted by Gasteiger charge is -2.21. The minimum atomic E-state index is 0.889. The SMILES string of the molecule is CCC1CC2CCNC2C1CC. The van der Waals surface area contributed by atoms with Crippen LogP contribution < -0.4 is 5.32 Å². The summed E-state index contributed by atoms with van der Waals surface area (Å²) in [4.78, 5) is 0. The van der Waals surface area contributed by atoms with Gasteiger partial charge in [0.25, 0.3) is 0 Å². The summed E-state index contributed by atoms with van der Waals surface area (Å²) in [5, 5.41) is 3.68. The molecule has 2 aliphatic rings. The Hall–Kier alpha value is -0.0400. The first-order chi connectivity index (χ1) is 5.86. The first kappa shape index (κ1) is 8.55. The number of nitrogens with one attached hydrogen (secondary N) is 1. The highest BCUT2D eigenvalue weighted by Gasteiger charge is 2.43. The largest absolute Gasteiger partial charge is 0.313 e. The Morgan fingerprint density at radius 2 is 2.08 bits per heavy atom. The molecular weight excluding hydrogens is 146 g/mol. The van der Waals surface area contributed by atoms with Gasteiger partial charge in [-0.05, 0) is 37.1 Å². The standard InChI is InChI=1S/C11H21N/c1-3-8-7-9-5-6-12-11(9)10(8)4-2/h8-12H,3-7H2,1-2H3. The first-order valence-electron chi connectivity index (χ1n) is 5.60. The van der Waals surface area contributed by atoms with Crippen LogP contribution in [0.25, 0.3) is 0 Å². The van der Waals surface area contributed by atoms with E-state index in [4.69, 9.17) is 0 Å². The molecule has 0 bridgehead atoms. The Balaban J connectivity index is 2.05. The normalized spacial score (nSPS) is 46.5. The van der Waals surface area contributed by atoms with Gasteiger partial charge in [0.05, 0.1) is 0 Å². The Morgan fingerprint density at radius 1 is 1.25 bits per heavy atom. The van der Waals surface area contributed by atoms with Crippen LogP contribution >= 0.6 is 0 Å². The third kappa shape index (κ3) is 1.19. The molecule has 1 heteroatoms. The minimum Gasteiger partial charge on any atom is -0.313 e. The zero-order chi connectivity index (χ0) is 8.55. The molecule has 0 aromatic rings. The Morgan fingerprint density at radius 3 is 2.75 bits per heavy atom. The molecular formula is C11H21N. The van der Waals surface area contributed by atoms with Crippen LogP contribution in [-0.4, -0.2) is 12.6 Å². The maximum absolute atomic E-state index is 3.68. The van der Waals surface area contributed by atoms with Crippen molar-refractivity contribution in [3.8, 4) is 0 Å². The fraction of sp³-hybridized carbons (Fsp3) is 1.00. The van der Waals surface area contributed by atoms with E-state index < -0.39 is 0 Å². The van der Waals surface area contributed by atoms with E-state index in [1.54, 1.807) is 0 Å². The molecule has 2 rings (SSSR count). The zero-order valence-electron chi connectivity index (χ0n) is 8.34. The smallest absolute Gasteiger partial charge is 0.0127 e. The lowest BCUT2D eigenvalue weighted by Crippen LogP contribution is -2.31. The second-order valence-corrected chi connectivity index (χ2v) is 4.50. The van der Waals surface area contributed by atoms with E-state index in [1.807, 2.05) is 0 Å². The van der Waals surface area contributed by atoms with Gasteiger partial charge in [0.2, 0.25) is 0 Å². The molecule has 4 atom stereocenters. The molecule has 4 unspecified atom stereocenters. The number of rotatable bonds is 2. The van der Waals surface area contributed by atoms with E-state index in [-0.39, 0.29) is 0 Å². The van der Waals surface area contributed by atoms with Crippen LogP contribution in [0.15, 0.2) is 0 Å². The summed E-state index contributed by atoms with van der Waals surface area (Å²) in [6.07, 6.45) is 5.73. The van der Waals surface area contributed by atoms with Crippen LogP contribution in [0.5, 0.6) is 0 Å². The molecule has 0 amide bonds. The molecule has 0 aromatic heterocycles. The summed E-state index contributed by atoms with van der Waals surface area (Å²) >= 11 is 0. The predicted molar refractivity (Wildman–Crippen MR) is 52.1 cm³/mol. The van der Waals surface area contributed by atoms with Crippen LogP contribution in [0.4, 0.5) is 0 Å². The summed E-state index contributed by atoms with van der Waals surface area (Å²) < 4.78 is 0. The van der Waals surface area contributed by atoms with E-state index in [0.29, 0.717) is 0 Å². The van der Waals surface area contributed by atoms with Gasteiger partial charge in [-0.25, -0.2) is 0 Å². The fourth-order valence-corrected chi connectivity index (χ4v) is 3.46. The maximum Gasteiger partial charge on any atom is 0.0127 e. The molecule has 0 radical (unpaired) electrons. The van der Waals surface area contributed by atoms with Crippen molar-refractivity contribution in [3.63, 3.8) is 0 Å². The van der Waals surface area contributed by atoms with Crippen molar-refractivity contribution in [1.82, 2.24) is 5.32 Å². The monoisotopic (exact) mass is 167 g/mol. The number of hydrogen-bond donors (Lipinski definition) is 1. The van der Waals surface area contributed by atoms with Crippen LogP contribution in [0, 0.1) is 17.8 Å². The maximum atomic E-state index is 3.68. The Labute approximate surface area is 75.9 Å². The quantitative estimate of drug-likeness (QED) is 0.666. The van der Waals surface area contributed by atoms with E-state index in [0.717, 1.165) is 23.8 Å². The third-order valence-corrected chi connectivity index (χ3v) is 4.07. The molecule has 1 saturated carbocycles. The lowest BCUT2D eigenvalue weighted by molar-refractivity contribution is 0.319. The number of fused-ring (bicyclic) bond motifs is 1. The highest BCUT2D eigenvalue weighted by molar-refractivity contribution is 4.98. The first-order valence-corrected chi connectivity index (χ1v) is 5.60. The van der Waals surface area contributed by atoms with Gasteiger partial charge in [-0.1, -0.05) is 26.7 Å². The summed E-state index contributed by atoms with van der Waals surface area (Å²) in [5.74, 6) is 3.04. The molecule has 12 heavy (non-hydrogen) atoms. The second kappa shape index (κ2) is 3.37. The summed E-state index contributed by atoms with van der Waals surface area (Å²) in [5.41, 5.74) is 0. The van der Waals surface area contributed by atoms with Crippen molar-refractivity contribution in [1.29, 1.82) is 0 Å². The van der Waals surface area contributed by atoms with Crippen molar-refractivity contribution < 1.29 is 0 Å². The molecule has 1 heterocycles. The number of hydrogen-bond acceptors (Lipinski definition) is 1. The molecule has 1 aliphatic heterocycles. The van der Waals surface area contributed by atoms with Gasteiger partial charge in [0, 0.05) is 6.04 Å². The van der Waals surface area contributed by atoms with Gasteiger partial charge in [0.1, 0.15) is 0 Å². The lowest BCUT2D eigenvalue weighted by atomic mass is 9.89. The Kier molecular flexibility index (Phi) is 2.40. The third-order valence-electron chi connectivity index (χ3n) is 4.07. The van der Waals surface area contributed by atoms with Crippen LogP contribution in [0.2, 0.25) is 0 Å². The molecule has 1 aliphatic carbocycles. The fourth-order valence-electron chi connectivity index (χ4n) is 3.46. The highest BCUT2D eigenvalue weighted by atomic mass is 15.0. The molecule has 2 fully saturated rings. The van der Waals surface area contributed by atoms with Crippen LogP contribution in [0.1, 0.15) is 39.5 Å². The van der Waals surface area contributed by atoms with Gasteiger partial charge >= 0.3 is 0 Å². The van der Waals surface area contributed by atoms with Crippen molar-refractivity contribution in [2.24, 2.45) is 17.8 Å². The van der Waals surface area contributed by atoms with Crippen molar-refractivity contribution in [3.05, 3.63) is 0 Å². The van der Waals surface area contributed by atoms with Crippen LogP contribution in [-0.2, 0) is 0 Å². The molecule has 0 spiro atoms. The van der Waals surface area contributed by atoms with E-state index in [1.165, 1.54) is 32.2 Å². The van der Waals surface area contributed by atoms with Gasteiger partial charge in [-0.15, -0.1) is 0 Å². The topological polar surface area (TPSA) is 12.0 Å². The van der Waals surface area contributed by atoms with E-state index >= 15 is 0 Å². The average Bonchev–Trinajstić information content (AvgIpc) is 2.61. The van der Waals surface area contributed by atoms with Gasteiger partial charge in [-0.2, -0.15) is 0 Å². The second-order valence-electron chi connectivity index (χ2n) is 4.50. The molecule has 1 N–H and O–H groups in total. The summed E-state index contributed by atoms with van der Waals surface area (Å²) in [7, 11) is 0. The van der Waals surface area contributed by atoms with Crippen molar-refractivity contribution >= 4 is 0 Å². The molecule has 1 saturated heterocycles. The summed E-state index contributed by atoms with van der Waals surface area (Å²) in [6, 6.07) is 0.889. The van der Waals surface area contributed by atoms with Crippen molar-refractivity contribution in [2.45, 2.75) is 45.6 Å². The predicted octanol–water partition coefficient (Wildman–Crippen LogP) is 2.42. The minimum absolute atomic E-state index is 0.889. The highest BCUT2D eigenvalue weighted by Crippen LogP contribution is 2.43. The van der Waals surface area contributed by atoms with Crippen LogP contribution in [0.3, 0.4) is 0 Å².